The molecule has 1 aromatic rings. The van der Waals surface area contributed by atoms with E-state index in [-0.39, 0.29) is 5.91 Å². The second kappa shape index (κ2) is 4.81. The van der Waals surface area contributed by atoms with Crippen molar-refractivity contribution in [3.63, 3.8) is 0 Å². The van der Waals surface area contributed by atoms with Gasteiger partial charge in [0.05, 0.1) is 11.9 Å². The number of rotatable bonds is 2. The summed E-state index contributed by atoms with van der Waals surface area (Å²) in [6.07, 6.45) is 2.74. The topological polar surface area (TPSA) is 77.2 Å². The third-order valence-electron chi connectivity index (χ3n) is 3.01. The van der Waals surface area contributed by atoms with Gasteiger partial charge >= 0.3 is 0 Å². The normalized spacial score (nSPS) is 18.7. The van der Waals surface area contributed by atoms with Crippen LogP contribution in [0.5, 0.6) is 0 Å². The van der Waals surface area contributed by atoms with Gasteiger partial charge < -0.3 is 15.8 Å². The number of aryl methyl sites for hydroxylation is 1. The van der Waals surface area contributed by atoms with Crippen molar-refractivity contribution >= 4 is 11.6 Å². The van der Waals surface area contributed by atoms with Crippen molar-refractivity contribution in [2.45, 2.75) is 25.3 Å². The van der Waals surface area contributed by atoms with Gasteiger partial charge in [0.25, 0.3) is 0 Å². The summed E-state index contributed by atoms with van der Waals surface area (Å²) in [7, 11) is 0. The van der Waals surface area contributed by atoms with Crippen molar-refractivity contribution in [1.29, 1.82) is 0 Å². The number of amides is 1. The maximum Gasteiger partial charge on any atom is 0.244 e. The van der Waals surface area contributed by atoms with Crippen LogP contribution in [0.1, 0.15) is 18.5 Å². The van der Waals surface area contributed by atoms with Crippen molar-refractivity contribution in [3.05, 3.63) is 24.0 Å². The van der Waals surface area contributed by atoms with E-state index in [2.05, 4.69) is 10.3 Å². The van der Waals surface area contributed by atoms with E-state index in [0.29, 0.717) is 31.7 Å². The number of nitrogens with two attached hydrogens (primary N) is 1. The van der Waals surface area contributed by atoms with E-state index in [1.807, 2.05) is 19.1 Å². The number of hydrogen-bond donors (Lipinski definition) is 2. The van der Waals surface area contributed by atoms with Gasteiger partial charge in [0, 0.05) is 18.9 Å². The average Bonchev–Trinajstić information content (AvgIpc) is 2.33. The Bertz CT molecular complexity index is 397. The smallest absolute Gasteiger partial charge is 0.244 e. The van der Waals surface area contributed by atoms with Crippen LogP contribution in [-0.4, -0.2) is 29.6 Å². The van der Waals surface area contributed by atoms with E-state index in [4.69, 9.17) is 10.5 Å². The Morgan fingerprint density at radius 2 is 2.18 bits per heavy atom. The first kappa shape index (κ1) is 12.0. The van der Waals surface area contributed by atoms with Crippen LogP contribution in [0.15, 0.2) is 18.3 Å². The molecule has 1 fully saturated rings. The Morgan fingerprint density at radius 1 is 1.47 bits per heavy atom. The zero-order valence-corrected chi connectivity index (χ0v) is 9.90. The van der Waals surface area contributed by atoms with E-state index in [1.54, 1.807) is 6.20 Å². The van der Waals surface area contributed by atoms with E-state index in [0.717, 1.165) is 5.69 Å². The van der Waals surface area contributed by atoms with E-state index in [1.165, 1.54) is 0 Å². The molecule has 0 unspecified atom stereocenters. The van der Waals surface area contributed by atoms with Crippen molar-refractivity contribution in [1.82, 2.24) is 4.98 Å². The molecule has 0 bridgehead atoms. The van der Waals surface area contributed by atoms with Crippen LogP contribution in [-0.2, 0) is 9.53 Å². The highest BCUT2D eigenvalue weighted by molar-refractivity contribution is 5.97. The van der Waals surface area contributed by atoms with Crippen LogP contribution in [0.4, 0.5) is 5.69 Å². The lowest BCUT2D eigenvalue weighted by Gasteiger charge is -2.31. The molecule has 17 heavy (non-hydrogen) atoms. The molecule has 1 aromatic heterocycles. The van der Waals surface area contributed by atoms with Gasteiger partial charge in [-0.3, -0.25) is 9.78 Å². The summed E-state index contributed by atoms with van der Waals surface area (Å²) in [5, 5.41) is 2.80. The molecule has 0 aromatic carbocycles. The first-order valence-electron chi connectivity index (χ1n) is 5.71. The quantitative estimate of drug-likeness (QED) is 0.796. The molecule has 0 radical (unpaired) electrons. The molecule has 1 saturated heterocycles. The van der Waals surface area contributed by atoms with Crippen LogP contribution in [0, 0.1) is 6.92 Å². The number of aromatic nitrogens is 1. The van der Waals surface area contributed by atoms with Gasteiger partial charge in [-0.25, -0.2) is 0 Å². The average molecular weight is 235 g/mol. The summed E-state index contributed by atoms with van der Waals surface area (Å²) in [4.78, 5) is 16.2. The van der Waals surface area contributed by atoms with E-state index >= 15 is 0 Å². The van der Waals surface area contributed by atoms with Crippen molar-refractivity contribution in [3.8, 4) is 0 Å². The highest BCUT2D eigenvalue weighted by atomic mass is 16.5. The second-order valence-electron chi connectivity index (χ2n) is 4.41. The van der Waals surface area contributed by atoms with Crippen LogP contribution < -0.4 is 11.1 Å². The minimum Gasteiger partial charge on any atom is -0.381 e. The van der Waals surface area contributed by atoms with Gasteiger partial charge in [0.2, 0.25) is 5.91 Å². The molecule has 0 saturated carbocycles. The number of hydrogen-bond acceptors (Lipinski definition) is 4. The SMILES string of the molecule is Cc1ccc(NC(=O)C2(N)CCOCC2)cn1. The molecule has 1 amide bonds. The molecule has 5 nitrogen and oxygen atoms in total. The summed E-state index contributed by atoms with van der Waals surface area (Å²) >= 11 is 0. The fraction of sp³-hybridized carbons (Fsp3) is 0.500. The third-order valence-corrected chi connectivity index (χ3v) is 3.01. The monoisotopic (exact) mass is 235 g/mol. The Labute approximate surface area is 100 Å². The van der Waals surface area contributed by atoms with Gasteiger partial charge in [-0.2, -0.15) is 0 Å². The molecule has 0 atom stereocenters. The predicted molar refractivity (Wildman–Crippen MR) is 64.6 cm³/mol. The number of pyridine rings is 1. The molecule has 0 spiro atoms. The Balaban J connectivity index is 2.03. The van der Waals surface area contributed by atoms with Gasteiger partial charge in [-0.15, -0.1) is 0 Å². The summed E-state index contributed by atoms with van der Waals surface area (Å²) in [5.41, 5.74) is 6.84. The lowest BCUT2D eigenvalue weighted by atomic mass is 9.90. The number of carbonyl (C=O) groups excluding carboxylic acids is 1. The maximum atomic E-state index is 12.1. The van der Waals surface area contributed by atoms with Crippen molar-refractivity contribution in [2.24, 2.45) is 5.73 Å². The molecule has 1 aliphatic heterocycles. The highest BCUT2D eigenvalue weighted by Crippen LogP contribution is 2.19. The number of ether oxygens (including phenoxy) is 1. The molecule has 92 valence electrons. The number of nitrogens with zero attached hydrogens (tertiary/aromatic N) is 1. The van der Waals surface area contributed by atoms with E-state index < -0.39 is 5.54 Å². The number of anilines is 1. The maximum absolute atomic E-state index is 12.1. The van der Waals surface area contributed by atoms with Gasteiger partial charge in [-0.1, -0.05) is 0 Å². The van der Waals surface area contributed by atoms with Crippen LogP contribution in [0.3, 0.4) is 0 Å². The molecule has 2 heterocycles. The Hall–Kier alpha value is -1.46. The standard InChI is InChI=1S/C12H17N3O2/c1-9-2-3-10(8-14-9)15-11(16)12(13)4-6-17-7-5-12/h2-3,8H,4-7,13H2,1H3,(H,15,16). The number of nitrogens with one attached hydrogen (secondary N) is 1. The molecule has 3 N–H and O–H groups in total. The van der Waals surface area contributed by atoms with Crippen LogP contribution in [0.25, 0.3) is 0 Å². The van der Waals surface area contributed by atoms with Gasteiger partial charge in [-0.05, 0) is 31.9 Å². The second-order valence-corrected chi connectivity index (χ2v) is 4.41. The molecule has 0 aliphatic carbocycles. The molecule has 5 heteroatoms. The first-order chi connectivity index (χ1) is 8.10. The molecule has 2 rings (SSSR count). The summed E-state index contributed by atoms with van der Waals surface area (Å²) < 4.78 is 5.21. The third kappa shape index (κ3) is 2.81. The Morgan fingerprint density at radius 3 is 2.76 bits per heavy atom. The largest absolute Gasteiger partial charge is 0.381 e. The Kier molecular flexibility index (Phi) is 3.40. The molecule has 1 aliphatic rings. The predicted octanol–water partition coefficient (Wildman–Crippen LogP) is 0.836. The number of carbonyl (C=O) groups is 1. The van der Waals surface area contributed by atoms with E-state index in [9.17, 15) is 4.79 Å². The van der Waals surface area contributed by atoms with Crippen molar-refractivity contribution < 1.29 is 9.53 Å². The molecular weight excluding hydrogens is 218 g/mol. The van der Waals surface area contributed by atoms with Gasteiger partial charge in [0.1, 0.15) is 5.54 Å². The molecular formula is C12H17N3O2. The fourth-order valence-corrected chi connectivity index (χ4v) is 1.76. The van der Waals surface area contributed by atoms with Crippen LogP contribution >= 0.6 is 0 Å². The minimum atomic E-state index is -0.816. The van der Waals surface area contributed by atoms with Crippen LogP contribution in [0.2, 0.25) is 0 Å². The summed E-state index contributed by atoms with van der Waals surface area (Å²) in [6.45, 7) is 2.97. The lowest BCUT2D eigenvalue weighted by Crippen LogP contribution is -2.54. The summed E-state index contributed by atoms with van der Waals surface area (Å²) in [5.74, 6) is -0.161. The zero-order valence-electron chi connectivity index (χ0n) is 9.90. The van der Waals surface area contributed by atoms with Gasteiger partial charge in [0.15, 0.2) is 0 Å². The fourth-order valence-electron chi connectivity index (χ4n) is 1.76. The zero-order chi connectivity index (χ0) is 12.3. The first-order valence-corrected chi connectivity index (χ1v) is 5.71. The summed E-state index contributed by atoms with van der Waals surface area (Å²) in [6, 6.07) is 3.67. The lowest BCUT2D eigenvalue weighted by molar-refractivity contribution is -0.124. The van der Waals surface area contributed by atoms with Crippen molar-refractivity contribution in [2.75, 3.05) is 18.5 Å². The minimum absolute atomic E-state index is 0.161. The highest BCUT2D eigenvalue weighted by Gasteiger charge is 2.35.